The van der Waals surface area contributed by atoms with Gasteiger partial charge in [0.15, 0.2) is 6.10 Å². The molecule has 0 saturated heterocycles. The number of carbonyl (C=O) groups excluding carboxylic acids is 1. The second-order valence-corrected chi connectivity index (χ2v) is 10.2. The Bertz CT molecular complexity index is 1660. The van der Waals surface area contributed by atoms with Gasteiger partial charge in [0.25, 0.3) is 5.91 Å². The summed E-state index contributed by atoms with van der Waals surface area (Å²) >= 11 is 12.2. The Morgan fingerprint density at radius 2 is 1.69 bits per heavy atom. The normalized spacial score (nSPS) is 11.8. The number of hydrazone groups is 1. The molecule has 1 N–H and O–H groups in total. The van der Waals surface area contributed by atoms with Crippen molar-refractivity contribution < 1.29 is 14.3 Å². The zero-order chi connectivity index (χ0) is 29.3. The molecule has 0 bridgehead atoms. The highest BCUT2D eigenvalue weighted by molar-refractivity contribution is 6.35. The van der Waals surface area contributed by atoms with E-state index in [0.29, 0.717) is 40.1 Å². The summed E-state index contributed by atoms with van der Waals surface area (Å²) in [5.74, 6) is 0.713. The third-order valence-corrected chi connectivity index (χ3v) is 6.87. The Kier molecular flexibility index (Phi) is 9.54. The molecule has 212 valence electrons. The summed E-state index contributed by atoms with van der Waals surface area (Å²) in [6.07, 6.45) is 3.05. The highest BCUT2D eigenvalue weighted by Gasteiger charge is 2.19. The molecule has 1 amide bonds. The van der Waals surface area contributed by atoms with Gasteiger partial charge in [-0.25, -0.2) is 10.1 Å². The molecule has 0 unspecified atom stereocenters. The molecule has 0 spiro atoms. The van der Waals surface area contributed by atoms with Crippen LogP contribution in [-0.4, -0.2) is 28.0 Å². The standard InChI is InChI=1S/C33H28Cl2N4O3/c1-2-30(42-31-18-15-26(34)19-29(31)35)33(40)37-36-20-25-21-39(27-11-7-4-8-12-27)38-32(25)24-13-16-28(17-14-24)41-22-23-9-5-3-6-10-23/h3-21,30H,2,22H2,1H3,(H,37,40)/b36-20-/t30-/m1/s1. The fourth-order valence-electron chi connectivity index (χ4n) is 4.15. The lowest BCUT2D eigenvalue weighted by molar-refractivity contribution is -0.128. The lowest BCUT2D eigenvalue weighted by atomic mass is 10.1. The molecule has 0 aliphatic rings. The van der Waals surface area contributed by atoms with Crippen molar-refractivity contribution in [3.05, 3.63) is 130 Å². The number of nitrogens with one attached hydrogen (secondary N) is 1. The second kappa shape index (κ2) is 13.9. The first kappa shape index (κ1) is 28.9. The molecule has 9 heteroatoms. The van der Waals surface area contributed by atoms with E-state index >= 15 is 0 Å². The fraction of sp³-hybridized carbons (Fsp3) is 0.121. The molecule has 4 aromatic carbocycles. The molecule has 7 nitrogen and oxygen atoms in total. The molecule has 0 saturated carbocycles. The van der Waals surface area contributed by atoms with Gasteiger partial charge in [0.05, 0.1) is 16.9 Å². The predicted octanol–water partition coefficient (Wildman–Crippen LogP) is 7.73. The maximum Gasteiger partial charge on any atom is 0.281 e. The van der Waals surface area contributed by atoms with Crippen LogP contribution in [0.5, 0.6) is 11.5 Å². The van der Waals surface area contributed by atoms with Crippen molar-refractivity contribution in [1.82, 2.24) is 15.2 Å². The van der Waals surface area contributed by atoms with Crippen molar-refractivity contribution >= 4 is 35.3 Å². The van der Waals surface area contributed by atoms with Crippen molar-refractivity contribution in [2.45, 2.75) is 26.1 Å². The predicted molar refractivity (Wildman–Crippen MR) is 167 cm³/mol. The van der Waals surface area contributed by atoms with Crippen LogP contribution in [0.4, 0.5) is 0 Å². The molecule has 0 aliphatic carbocycles. The Labute approximate surface area is 254 Å². The monoisotopic (exact) mass is 598 g/mol. The minimum Gasteiger partial charge on any atom is -0.489 e. The van der Waals surface area contributed by atoms with Crippen molar-refractivity contribution in [1.29, 1.82) is 0 Å². The van der Waals surface area contributed by atoms with E-state index in [1.54, 1.807) is 29.1 Å². The first-order valence-electron chi connectivity index (χ1n) is 13.4. The van der Waals surface area contributed by atoms with E-state index in [-0.39, 0.29) is 0 Å². The zero-order valence-corrected chi connectivity index (χ0v) is 24.3. The molecule has 0 radical (unpaired) electrons. The van der Waals surface area contributed by atoms with E-state index in [0.717, 1.165) is 22.6 Å². The van der Waals surface area contributed by atoms with Crippen LogP contribution in [0.3, 0.4) is 0 Å². The Morgan fingerprint density at radius 1 is 0.976 bits per heavy atom. The molecule has 0 aliphatic heterocycles. The minimum absolute atomic E-state index is 0.326. The third-order valence-electron chi connectivity index (χ3n) is 6.34. The average molecular weight is 600 g/mol. The van der Waals surface area contributed by atoms with E-state index in [9.17, 15) is 4.79 Å². The number of para-hydroxylation sites is 1. The van der Waals surface area contributed by atoms with Crippen LogP contribution in [0.25, 0.3) is 16.9 Å². The van der Waals surface area contributed by atoms with Crippen molar-refractivity contribution in [3.63, 3.8) is 0 Å². The number of nitrogens with zero attached hydrogens (tertiary/aromatic N) is 3. The van der Waals surface area contributed by atoms with Crippen LogP contribution < -0.4 is 14.9 Å². The van der Waals surface area contributed by atoms with Gasteiger partial charge in [0.1, 0.15) is 23.8 Å². The van der Waals surface area contributed by atoms with E-state index < -0.39 is 12.0 Å². The molecule has 1 atom stereocenters. The number of carbonyl (C=O) groups is 1. The van der Waals surface area contributed by atoms with Gasteiger partial charge < -0.3 is 9.47 Å². The number of halogens is 2. The van der Waals surface area contributed by atoms with Crippen LogP contribution in [0.1, 0.15) is 24.5 Å². The van der Waals surface area contributed by atoms with Crippen LogP contribution in [0, 0.1) is 0 Å². The lowest BCUT2D eigenvalue weighted by Crippen LogP contribution is -2.35. The summed E-state index contributed by atoms with van der Waals surface area (Å²) in [4.78, 5) is 12.9. The topological polar surface area (TPSA) is 77.7 Å². The van der Waals surface area contributed by atoms with Gasteiger partial charge >= 0.3 is 0 Å². The number of ether oxygens (including phenoxy) is 2. The van der Waals surface area contributed by atoms with Crippen LogP contribution in [0.15, 0.2) is 114 Å². The van der Waals surface area contributed by atoms with Gasteiger partial charge in [-0.1, -0.05) is 78.7 Å². The number of hydrogen-bond donors (Lipinski definition) is 1. The van der Waals surface area contributed by atoms with Gasteiger partial charge in [0.2, 0.25) is 0 Å². The quantitative estimate of drug-likeness (QED) is 0.125. The van der Waals surface area contributed by atoms with Crippen LogP contribution in [-0.2, 0) is 11.4 Å². The molecular formula is C33H28Cl2N4O3. The van der Waals surface area contributed by atoms with Crippen molar-refractivity contribution in [2.75, 3.05) is 0 Å². The maximum atomic E-state index is 12.9. The number of benzene rings is 4. The van der Waals surface area contributed by atoms with E-state index in [4.69, 9.17) is 37.8 Å². The summed E-state index contributed by atoms with van der Waals surface area (Å²) in [5, 5.41) is 9.85. The number of amides is 1. The molecular weight excluding hydrogens is 571 g/mol. The summed E-state index contributed by atoms with van der Waals surface area (Å²) in [7, 11) is 0. The van der Waals surface area contributed by atoms with Gasteiger partial charge in [-0.05, 0) is 66.6 Å². The summed E-state index contributed by atoms with van der Waals surface area (Å²) in [5.41, 5.74) is 6.85. The summed E-state index contributed by atoms with van der Waals surface area (Å²) in [6.45, 7) is 2.32. The number of aromatic nitrogens is 2. The average Bonchev–Trinajstić information content (AvgIpc) is 3.45. The van der Waals surface area contributed by atoms with Gasteiger partial charge in [-0.2, -0.15) is 10.2 Å². The molecule has 42 heavy (non-hydrogen) atoms. The second-order valence-electron chi connectivity index (χ2n) is 9.34. The van der Waals surface area contributed by atoms with Gasteiger partial charge in [-0.3, -0.25) is 4.79 Å². The van der Waals surface area contributed by atoms with E-state index in [1.165, 1.54) is 0 Å². The first-order chi connectivity index (χ1) is 20.5. The number of hydrogen-bond acceptors (Lipinski definition) is 5. The molecule has 1 heterocycles. The maximum absolute atomic E-state index is 12.9. The van der Waals surface area contributed by atoms with Gasteiger partial charge in [0, 0.05) is 22.3 Å². The highest BCUT2D eigenvalue weighted by Crippen LogP contribution is 2.29. The summed E-state index contributed by atoms with van der Waals surface area (Å²) in [6, 6.07) is 32.3. The SMILES string of the molecule is CC[C@@H](Oc1ccc(Cl)cc1Cl)C(=O)N/N=C\c1cn(-c2ccccc2)nc1-c1ccc(OCc2ccccc2)cc1. The lowest BCUT2D eigenvalue weighted by Gasteiger charge is -2.16. The summed E-state index contributed by atoms with van der Waals surface area (Å²) < 4.78 is 13.5. The first-order valence-corrected chi connectivity index (χ1v) is 14.1. The van der Waals surface area contributed by atoms with Gasteiger partial charge in [-0.15, -0.1) is 0 Å². The molecule has 1 aromatic heterocycles. The fourth-order valence-corrected chi connectivity index (χ4v) is 4.61. The zero-order valence-electron chi connectivity index (χ0n) is 22.8. The van der Waals surface area contributed by atoms with E-state index in [2.05, 4.69) is 10.5 Å². The van der Waals surface area contributed by atoms with Crippen molar-refractivity contribution in [3.8, 4) is 28.4 Å². The Balaban J connectivity index is 1.33. The molecule has 5 rings (SSSR count). The molecule has 5 aromatic rings. The van der Waals surface area contributed by atoms with Crippen LogP contribution in [0.2, 0.25) is 10.0 Å². The Morgan fingerprint density at radius 3 is 2.38 bits per heavy atom. The van der Waals surface area contributed by atoms with E-state index in [1.807, 2.05) is 98.0 Å². The highest BCUT2D eigenvalue weighted by atomic mass is 35.5. The third kappa shape index (κ3) is 7.37. The molecule has 0 fully saturated rings. The Hall–Kier alpha value is -4.59. The smallest absolute Gasteiger partial charge is 0.281 e. The van der Waals surface area contributed by atoms with Crippen molar-refractivity contribution in [2.24, 2.45) is 5.10 Å². The minimum atomic E-state index is -0.796. The van der Waals surface area contributed by atoms with Crippen LogP contribution >= 0.6 is 23.2 Å². The largest absolute Gasteiger partial charge is 0.489 e. The number of rotatable bonds is 11.